The van der Waals surface area contributed by atoms with Crippen LogP contribution in [-0.2, 0) is 11.3 Å². The minimum Gasteiger partial charge on any atom is -0.480 e. The van der Waals surface area contributed by atoms with E-state index in [9.17, 15) is 13.6 Å². The normalized spacial score (nSPS) is 12.6. The number of hydrogen-bond donors (Lipinski definition) is 2. The average Bonchev–Trinajstić information content (AvgIpc) is 2.91. The number of carbonyl (C=O) groups is 1. The van der Waals surface area contributed by atoms with Crippen LogP contribution in [0.5, 0.6) is 0 Å². The van der Waals surface area contributed by atoms with Crippen molar-refractivity contribution in [1.29, 1.82) is 0 Å². The molecule has 2 aromatic rings. The molecule has 0 aliphatic rings. The second-order valence-electron chi connectivity index (χ2n) is 5.76. The van der Waals surface area contributed by atoms with Gasteiger partial charge in [0.25, 0.3) is 0 Å². The molecule has 0 spiro atoms. The van der Waals surface area contributed by atoms with Crippen molar-refractivity contribution in [2.45, 2.75) is 32.9 Å². The molecule has 2 rings (SSSR count). The Kier molecular flexibility index (Phi) is 5.50. The number of hydrogen-bond acceptors (Lipinski definition) is 3. The van der Waals surface area contributed by atoms with Gasteiger partial charge in [-0.25, -0.2) is 8.78 Å². The van der Waals surface area contributed by atoms with E-state index in [1.807, 2.05) is 13.8 Å². The monoisotopic (exact) mass is 323 g/mol. The molecule has 0 fully saturated rings. The highest BCUT2D eigenvalue weighted by atomic mass is 19.1. The largest absolute Gasteiger partial charge is 0.480 e. The predicted molar refractivity (Wildman–Crippen MR) is 81.8 cm³/mol. The topological polar surface area (TPSA) is 62.5 Å². The van der Waals surface area contributed by atoms with Crippen molar-refractivity contribution in [3.63, 3.8) is 0 Å². The molecule has 1 aromatic carbocycles. The number of aliphatic carboxylic acids is 1. The SMILES string of the molecule is CC(C)CC(NCc1ccc(-c2c(F)cccc2F)o1)C(=O)O. The standard InChI is InChI=1S/C17H19F2NO3/c1-10(2)8-14(17(21)22)20-9-11-6-7-15(23-11)16-12(18)4-3-5-13(16)19/h3-7,10,14,20H,8-9H2,1-2H3,(H,21,22). The summed E-state index contributed by atoms with van der Waals surface area (Å²) in [6.45, 7) is 4.03. The third-order valence-corrected chi connectivity index (χ3v) is 3.40. The Morgan fingerprint density at radius 1 is 1.22 bits per heavy atom. The second kappa shape index (κ2) is 7.37. The summed E-state index contributed by atoms with van der Waals surface area (Å²) in [5, 5.41) is 12.0. The highest BCUT2D eigenvalue weighted by Crippen LogP contribution is 2.27. The zero-order valence-electron chi connectivity index (χ0n) is 13.0. The van der Waals surface area contributed by atoms with Gasteiger partial charge in [0, 0.05) is 0 Å². The molecule has 2 N–H and O–H groups in total. The summed E-state index contributed by atoms with van der Waals surface area (Å²) in [4.78, 5) is 11.2. The fraction of sp³-hybridized carbons (Fsp3) is 0.353. The summed E-state index contributed by atoms with van der Waals surface area (Å²) in [6.07, 6.45) is 0.477. The van der Waals surface area contributed by atoms with Crippen molar-refractivity contribution in [1.82, 2.24) is 5.32 Å². The van der Waals surface area contributed by atoms with E-state index in [0.717, 1.165) is 12.1 Å². The minimum atomic E-state index is -0.939. The number of rotatable bonds is 7. The molecule has 0 amide bonds. The van der Waals surface area contributed by atoms with Gasteiger partial charge in [-0.15, -0.1) is 0 Å². The molecule has 0 saturated heterocycles. The van der Waals surface area contributed by atoms with E-state index in [4.69, 9.17) is 9.52 Å². The number of carboxylic acid groups (broad SMARTS) is 1. The molecular formula is C17H19F2NO3. The predicted octanol–water partition coefficient (Wildman–Crippen LogP) is 3.81. The van der Waals surface area contributed by atoms with Crippen molar-refractivity contribution in [3.05, 3.63) is 47.7 Å². The summed E-state index contributed by atoms with van der Waals surface area (Å²) < 4.78 is 32.9. The first kappa shape index (κ1) is 17.1. The molecular weight excluding hydrogens is 304 g/mol. The first-order valence-corrected chi connectivity index (χ1v) is 7.37. The van der Waals surface area contributed by atoms with E-state index in [-0.39, 0.29) is 23.8 Å². The van der Waals surface area contributed by atoms with E-state index < -0.39 is 23.6 Å². The minimum absolute atomic E-state index is 0.0770. The van der Waals surface area contributed by atoms with Gasteiger partial charge in [-0.1, -0.05) is 19.9 Å². The molecule has 0 saturated carbocycles. The van der Waals surface area contributed by atoms with Crippen LogP contribution in [0.2, 0.25) is 0 Å². The lowest BCUT2D eigenvalue weighted by molar-refractivity contribution is -0.140. The van der Waals surface area contributed by atoms with Crippen LogP contribution in [0.4, 0.5) is 8.78 Å². The molecule has 1 unspecified atom stereocenters. The van der Waals surface area contributed by atoms with Crippen LogP contribution in [0.25, 0.3) is 11.3 Å². The highest BCUT2D eigenvalue weighted by Gasteiger charge is 2.19. The number of benzene rings is 1. The van der Waals surface area contributed by atoms with Crippen LogP contribution in [0.1, 0.15) is 26.0 Å². The van der Waals surface area contributed by atoms with E-state index in [0.29, 0.717) is 12.2 Å². The number of nitrogens with one attached hydrogen (secondary N) is 1. The summed E-state index contributed by atoms with van der Waals surface area (Å²) >= 11 is 0. The maximum atomic E-state index is 13.7. The van der Waals surface area contributed by atoms with Gasteiger partial charge in [0.2, 0.25) is 0 Å². The molecule has 1 heterocycles. The molecule has 1 atom stereocenters. The lowest BCUT2D eigenvalue weighted by atomic mass is 10.0. The van der Waals surface area contributed by atoms with Gasteiger partial charge in [0.15, 0.2) is 0 Å². The van der Waals surface area contributed by atoms with Crippen LogP contribution < -0.4 is 5.32 Å². The number of furan rings is 1. The Bertz CT molecular complexity index is 662. The highest BCUT2D eigenvalue weighted by molar-refractivity contribution is 5.73. The summed E-state index contributed by atoms with van der Waals surface area (Å²) in [5.41, 5.74) is -0.226. The first-order valence-electron chi connectivity index (χ1n) is 7.37. The van der Waals surface area contributed by atoms with Gasteiger partial charge in [-0.2, -0.15) is 0 Å². The molecule has 0 aliphatic heterocycles. The summed E-state index contributed by atoms with van der Waals surface area (Å²) in [5.74, 6) is -1.64. The zero-order chi connectivity index (χ0) is 17.0. The Labute approximate surface area is 133 Å². The Balaban J connectivity index is 2.09. The first-order chi connectivity index (χ1) is 10.9. The Morgan fingerprint density at radius 2 is 1.87 bits per heavy atom. The van der Waals surface area contributed by atoms with Crippen molar-refractivity contribution in [2.75, 3.05) is 0 Å². The Hall–Kier alpha value is -2.21. The van der Waals surface area contributed by atoms with E-state index in [1.165, 1.54) is 12.1 Å². The summed E-state index contributed by atoms with van der Waals surface area (Å²) in [7, 11) is 0. The van der Waals surface area contributed by atoms with Crippen molar-refractivity contribution < 1.29 is 23.1 Å². The maximum absolute atomic E-state index is 13.7. The molecule has 6 heteroatoms. The van der Waals surface area contributed by atoms with E-state index >= 15 is 0 Å². The smallest absolute Gasteiger partial charge is 0.320 e. The average molecular weight is 323 g/mol. The van der Waals surface area contributed by atoms with Crippen LogP contribution >= 0.6 is 0 Å². The maximum Gasteiger partial charge on any atom is 0.320 e. The lowest BCUT2D eigenvalue weighted by Gasteiger charge is -2.15. The van der Waals surface area contributed by atoms with E-state index in [1.54, 1.807) is 6.07 Å². The molecule has 0 aliphatic carbocycles. The van der Waals surface area contributed by atoms with Crippen molar-refractivity contribution in [3.8, 4) is 11.3 Å². The third kappa shape index (κ3) is 4.39. The van der Waals surface area contributed by atoms with Crippen LogP contribution in [0, 0.1) is 17.6 Å². The fourth-order valence-corrected chi connectivity index (χ4v) is 2.31. The van der Waals surface area contributed by atoms with Crippen LogP contribution in [-0.4, -0.2) is 17.1 Å². The number of halogens is 2. The molecule has 0 radical (unpaired) electrons. The fourth-order valence-electron chi connectivity index (χ4n) is 2.31. The van der Waals surface area contributed by atoms with E-state index in [2.05, 4.69) is 5.32 Å². The van der Waals surface area contributed by atoms with Gasteiger partial charge < -0.3 is 9.52 Å². The van der Waals surface area contributed by atoms with Crippen molar-refractivity contribution >= 4 is 5.97 Å². The van der Waals surface area contributed by atoms with Gasteiger partial charge in [0.1, 0.15) is 29.2 Å². The molecule has 4 nitrogen and oxygen atoms in total. The van der Waals surface area contributed by atoms with Gasteiger partial charge >= 0.3 is 5.97 Å². The lowest BCUT2D eigenvalue weighted by Crippen LogP contribution is -2.37. The molecule has 124 valence electrons. The molecule has 1 aromatic heterocycles. The second-order valence-corrected chi connectivity index (χ2v) is 5.76. The Morgan fingerprint density at radius 3 is 2.43 bits per heavy atom. The zero-order valence-corrected chi connectivity index (χ0v) is 13.0. The van der Waals surface area contributed by atoms with Crippen molar-refractivity contribution in [2.24, 2.45) is 5.92 Å². The molecule has 23 heavy (non-hydrogen) atoms. The van der Waals surface area contributed by atoms with Crippen LogP contribution in [0.15, 0.2) is 34.7 Å². The molecule has 0 bridgehead atoms. The third-order valence-electron chi connectivity index (χ3n) is 3.40. The van der Waals surface area contributed by atoms with Gasteiger partial charge in [-0.3, -0.25) is 10.1 Å². The quantitative estimate of drug-likeness (QED) is 0.813. The van der Waals surface area contributed by atoms with Crippen LogP contribution in [0.3, 0.4) is 0 Å². The summed E-state index contributed by atoms with van der Waals surface area (Å²) in [6, 6.07) is 5.93. The van der Waals surface area contributed by atoms with Gasteiger partial charge in [-0.05, 0) is 36.6 Å². The number of carboxylic acids is 1. The van der Waals surface area contributed by atoms with Gasteiger partial charge in [0.05, 0.1) is 12.1 Å².